The SMILES string of the molecule is CCCC1CCC(c2ccc3c(c2F)-c2c-3cc(CO)c(F)c2F)CC1. The van der Waals surface area contributed by atoms with Gasteiger partial charge in [-0.1, -0.05) is 31.9 Å². The standard InChI is InChI=1S/C22H23F3O/c1-2-3-12-4-6-13(7-5-12)15-8-9-16-17-10-14(11-26)20(23)22(25)19(17)18(16)21(15)24/h8-10,12-13,26H,2-7,11H2,1H3. The van der Waals surface area contributed by atoms with Crippen LogP contribution in [0.1, 0.15) is 62.5 Å². The third kappa shape index (κ3) is 2.58. The highest BCUT2D eigenvalue weighted by Crippen LogP contribution is 2.53. The van der Waals surface area contributed by atoms with Gasteiger partial charge in [0.05, 0.1) is 6.61 Å². The lowest BCUT2D eigenvalue weighted by Crippen LogP contribution is -2.16. The zero-order valence-electron chi connectivity index (χ0n) is 14.9. The molecule has 1 saturated carbocycles. The first-order valence-electron chi connectivity index (χ1n) is 9.51. The molecule has 1 N–H and O–H groups in total. The van der Waals surface area contributed by atoms with Crippen LogP contribution in [0.3, 0.4) is 0 Å². The topological polar surface area (TPSA) is 20.2 Å². The Morgan fingerprint density at radius 1 is 0.923 bits per heavy atom. The van der Waals surface area contributed by atoms with Crippen molar-refractivity contribution in [3.05, 3.63) is 46.8 Å². The van der Waals surface area contributed by atoms with Crippen molar-refractivity contribution in [3.63, 3.8) is 0 Å². The van der Waals surface area contributed by atoms with Crippen LogP contribution >= 0.6 is 0 Å². The first-order chi connectivity index (χ1) is 12.6. The van der Waals surface area contributed by atoms with Crippen LogP contribution in [-0.4, -0.2) is 5.11 Å². The second-order valence-corrected chi connectivity index (χ2v) is 7.64. The van der Waals surface area contributed by atoms with E-state index < -0.39 is 24.1 Å². The van der Waals surface area contributed by atoms with Gasteiger partial charge in [0, 0.05) is 16.7 Å². The minimum Gasteiger partial charge on any atom is -0.392 e. The number of hydrogen-bond acceptors (Lipinski definition) is 1. The highest BCUT2D eigenvalue weighted by molar-refractivity contribution is 6.03. The number of hydrogen-bond donors (Lipinski definition) is 1. The van der Waals surface area contributed by atoms with E-state index in [1.807, 2.05) is 12.1 Å². The predicted molar refractivity (Wildman–Crippen MR) is 96.3 cm³/mol. The lowest BCUT2D eigenvalue weighted by molar-refractivity contribution is 0.273. The maximum Gasteiger partial charge on any atom is 0.167 e. The highest BCUT2D eigenvalue weighted by atomic mass is 19.2. The first-order valence-corrected chi connectivity index (χ1v) is 9.51. The van der Waals surface area contributed by atoms with Crippen molar-refractivity contribution in [1.29, 1.82) is 0 Å². The minimum absolute atomic E-state index is 0.0220. The van der Waals surface area contributed by atoms with Crippen molar-refractivity contribution in [2.45, 2.75) is 58.0 Å². The zero-order chi connectivity index (χ0) is 18.4. The van der Waals surface area contributed by atoms with E-state index in [9.17, 15) is 13.9 Å². The van der Waals surface area contributed by atoms with Crippen LogP contribution in [0.4, 0.5) is 13.2 Å². The normalized spacial score (nSPS) is 21.1. The number of halogens is 3. The largest absolute Gasteiger partial charge is 0.392 e. The molecule has 138 valence electrons. The molecule has 0 aliphatic heterocycles. The Hall–Kier alpha value is -1.81. The Bertz CT molecular complexity index is 851. The molecule has 0 bridgehead atoms. The van der Waals surface area contributed by atoms with Crippen molar-refractivity contribution in [1.82, 2.24) is 0 Å². The van der Waals surface area contributed by atoms with Gasteiger partial charge in [-0.3, -0.25) is 0 Å². The first kappa shape index (κ1) is 17.6. The van der Waals surface area contributed by atoms with E-state index in [1.54, 1.807) is 0 Å². The third-order valence-corrected chi connectivity index (χ3v) is 6.15. The van der Waals surface area contributed by atoms with Crippen LogP contribution in [0.15, 0.2) is 18.2 Å². The van der Waals surface area contributed by atoms with Gasteiger partial charge < -0.3 is 5.11 Å². The molecule has 0 amide bonds. The molecule has 0 aromatic heterocycles. The van der Waals surface area contributed by atoms with Gasteiger partial charge in [-0.15, -0.1) is 0 Å². The summed E-state index contributed by atoms with van der Waals surface area (Å²) in [5.74, 6) is -1.65. The van der Waals surface area contributed by atoms with Crippen molar-refractivity contribution >= 4 is 0 Å². The van der Waals surface area contributed by atoms with E-state index in [0.29, 0.717) is 16.7 Å². The second kappa shape index (κ2) is 6.73. The maximum absolute atomic E-state index is 15.2. The monoisotopic (exact) mass is 360 g/mol. The molecule has 0 saturated heterocycles. The van der Waals surface area contributed by atoms with Crippen molar-refractivity contribution in [2.75, 3.05) is 0 Å². The van der Waals surface area contributed by atoms with Crippen molar-refractivity contribution in [2.24, 2.45) is 5.92 Å². The second-order valence-electron chi connectivity index (χ2n) is 7.64. The Labute approximate surface area is 151 Å². The molecule has 2 aliphatic carbocycles. The molecule has 0 unspecified atom stereocenters. The van der Waals surface area contributed by atoms with Gasteiger partial charge in [0.25, 0.3) is 0 Å². The van der Waals surface area contributed by atoms with E-state index in [2.05, 4.69) is 6.92 Å². The molecule has 4 heteroatoms. The average Bonchev–Trinajstić information content (AvgIpc) is 2.63. The van der Waals surface area contributed by atoms with Gasteiger partial charge in [0.1, 0.15) is 5.82 Å². The molecule has 0 radical (unpaired) electrons. The summed E-state index contributed by atoms with van der Waals surface area (Å²) in [4.78, 5) is 0. The van der Waals surface area contributed by atoms with E-state index >= 15 is 4.39 Å². The molecule has 2 aromatic carbocycles. The van der Waals surface area contributed by atoms with Crippen molar-refractivity contribution < 1.29 is 18.3 Å². The smallest absolute Gasteiger partial charge is 0.167 e. The molecule has 2 aliphatic rings. The molecular weight excluding hydrogens is 337 g/mol. The zero-order valence-corrected chi connectivity index (χ0v) is 14.9. The minimum atomic E-state index is -1.08. The highest BCUT2D eigenvalue weighted by Gasteiger charge is 2.35. The summed E-state index contributed by atoms with van der Waals surface area (Å²) < 4.78 is 43.6. The number of aliphatic hydroxyl groups is 1. The van der Waals surface area contributed by atoms with Crippen LogP contribution in [-0.2, 0) is 6.61 Å². The van der Waals surface area contributed by atoms with Crippen LogP contribution in [0.25, 0.3) is 22.3 Å². The summed E-state index contributed by atoms with van der Waals surface area (Å²) >= 11 is 0. The van der Waals surface area contributed by atoms with Gasteiger partial charge in [-0.05, 0) is 60.3 Å². The van der Waals surface area contributed by atoms with Crippen LogP contribution in [0, 0.1) is 23.4 Å². The van der Waals surface area contributed by atoms with E-state index in [0.717, 1.165) is 31.6 Å². The maximum atomic E-state index is 15.2. The molecular formula is C22H23F3O. The Balaban J connectivity index is 1.67. The van der Waals surface area contributed by atoms with E-state index in [-0.39, 0.29) is 22.6 Å². The molecule has 0 heterocycles. The lowest BCUT2D eigenvalue weighted by atomic mass is 9.73. The lowest BCUT2D eigenvalue weighted by Gasteiger charge is -2.32. The molecule has 0 atom stereocenters. The van der Waals surface area contributed by atoms with Crippen LogP contribution < -0.4 is 0 Å². The Kier molecular flexibility index (Phi) is 4.55. The fourth-order valence-corrected chi connectivity index (χ4v) is 4.73. The molecule has 26 heavy (non-hydrogen) atoms. The average molecular weight is 360 g/mol. The molecule has 1 nitrogen and oxygen atoms in total. The number of fused-ring (bicyclic) bond motifs is 4. The number of rotatable bonds is 4. The predicted octanol–water partition coefficient (Wildman–Crippen LogP) is 6.32. The van der Waals surface area contributed by atoms with E-state index in [1.165, 1.54) is 18.9 Å². The van der Waals surface area contributed by atoms with Gasteiger partial charge >= 0.3 is 0 Å². The molecule has 2 aromatic rings. The van der Waals surface area contributed by atoms with Crippen LogP contribution in [0.5, 0.6) is 0 Å². The number of benzene rings is 2. The summed E-state index contributed by atoms with van der Waals surface area (Å²) in [6.07, 6.45) is 6.52. The van der Waals surface area contributed by atoms with Gasteiger partial charge in [-0.25, -0.2) is 13.2 Å². The molecule has 0 spiro atoms. The quantitative estimate of drug-likeness (QED) is 0.577. The Morgan fingerprint density at radius 3 is 2.27 bits per heavy atom. The van der Waals surface area contributed by atoms with E-state index in [4.69, 9.17) is 0 Å². The summed E-state index contributed by atoms with van der Waals surface area (Å²) in [5, 5.41) is 9.18. The summed E-state index contributed by atoms with van der Waals surface area (Å²) in [6, 6.07) is 5.04. The summed E-state index contributed by atoms with van der Waals surface area (Å²) in [6.45, 7) is 1.61. The third-order valence-electron chi connectivity index (χ3n) is 6.15. The van der Waals surface area contributed by atoms with Crippen LogP contribution in [0.2, 0.25) is 0 Å². The summed E-state index contributed by atoms with van der Waals surface area (Å²) in [7, 11) is 0. The molecule has 4 rings (SSSR count). The fourth-order valence-electron chi connectivity index (χ4n) is 4.73. The number of aliphatic hydroxyl groups excluding tert-OH is 1. The fraction of sp³-hybridized carbons (Fsp3) is 0.455. The van der Waals surface area contributed by atoms with Gasteiger partial charge in [-0.2, -0.15) is 0 Å². The van der Waals surface area contributed by atoms with Crippen molar-refractivity contribution in [3.8, 4) is 22.3 Å². The van der Waals surface area contributed by atoms with Gasteiger partial charge in [0.15, 0.2) is 11.6 Å². The summed E-state index contributed by atoms with van der Waals surface area (Å²) in [5.41, 5.74) is 1.86. The molecule has 1 fully saturated rings. The van der Waals surface area contributed by atoms with Gasteiger partial charge in [0.2, 0.25) is 0 Å². The Morgan fingerprint density at radius 2 is 1.62 bits per heavy atom.